The monoisotopic (exact) mass is 436 g/mol. The highest BCUT2D eigenvalue weighted by molar-refractivity contribution is 7.92. The van der Waals surface area contributed by atoms with Crippen LogP contribution >= 0.6 is 11.6 Å². The number of nitrogens with one attached hydrogen (secondary N) is 1. The van der Waals surface area contributed by atoms with E-state index in [0.29, 0.717) is 23.2 Å². The lowest BCUT2D eigenvalue weighted by Gasteiger charge is -2.25. The second-order valence-electron chi connectivity index (χ2n) is 7.02. The molecule has 1 amide bonds. The normalized spacial score (nSPS) is 12.4. The van der Waals surface area contributed by atoms with Crippen molar-refractivity contribution in [2.24, 2.45) is 5.92 Å². The van der Waals surface area contributed by atoms with Gasteiger partial charge in [-0.3, -0.25) is 9.10 Å². The van der Waals surface area contributed by atoms with E-state index >= 15 is 0 Å². The number of sulfonamides is 1. The van der Waals surface area contributed by atoms with E-state index < -0.39 is 10.0 Å². The molecule has 0 saturated heterocycles. The molecule has 5 nitrogen and oxygen atoms in total. The second kappa shape index (κ2) is 11.2. The van der Waals surface area contributed by atoms with Crippen LogP contribution in [0.15, 0.2) is 59.5 Å². The summed E-state index contributed by atoms with van der Waals surface area (Å²) in [7, 11) is -3.89. The molecule has 1 atom stereocenters. The molecule has 1 N–H and O–H groups in total. The van der Waals surface area contributed by atoms with Crippen molar-refractivity contribution in [1.82, 2.24) is 5.32 Å². The van der Waals surface area contributed by atoms with Gasteiger partial charge < -0.3 is 5.32 Å². The minimum Gasteiger partial charge on any atom is -0.354 e. The number of anilines is 1. The summed E-state index contributed by atoms with van der Waals surface area (Å²) in [6.07, 6.45) is 4.26. The van der Waals surface area contributed by atoms with Crippen molar-refractivity contribution in [3.63, 3.8) is 0 Å². The molecule has 2 aromatic carbocycles. The van der Waals surface area contributed by atoms with Crippen LogP contribution in [0.25, 0.3) is 0 Å². The predicted octanol–water partition coefficient (Wildman–Crippen LogP) is 4.87. The first-order valence-electron chi connectivity index (χ1n) is 9.98. The van der Waals surface area contributed by atoms with Crippen molar-refractivity contribution in [3.05, 3.63) is 59.6 Å². The zero-order chi connectivity index (χ0) is 21.3. The lowest BCUT2D eigenvalue weighted by atomic mass is 9.99. The summed E-state index contributed by atoms with van der Waals surface area (Å²) in [5, 5.41) is 3.40. The van der Waals surface area contributed by atoms with E-state index in [1.165, 1.54) is 12.1 Å². The molecule has 7 heteroatoms. The largest absolute Gasteiger partial charge is 0.354 e. The zero-order valence-corrected chi connectivity index (χ0v) is 18.5. The van der Waals surface area contributed by atoms with Crippen molar-refractivity contribution < 1.29 is 13.2 Å². The number of benzene rings is 2. The Morgan fingerprint density at radius 2 is 1.72 bits per heavy atom. The number of halogens is 1. The van der Waals surface area contributed by atoms with Crippen molar-refractivity contribution in [2.75, 3.05) is 17.4 Å². The van der Waals surface area contributed by atoms with Crippen LogP contribution in [0.2, 0.25) is 5.02 Å². The third kappa shape index (κ3) is 6.75. The molecule has 29 heavy (non-hydrogen) atoms. The molecule has 0 unspecified atom stereocenters. The van der Waals surface area contributed by atoms with Gasteiger partial charge in [0.25, 0.3) is 10.0 Å². The lowest BCUT2D eigenvalue weighted by Crippen LogP contribution is -2.42. The van der Waals surface area contributed by atoms with Crippen LogP contribution in [0.3, 0.4) is 0 Å². The molecule has 0 aliphatic carbocycles. The van der Waals surface area contributed by atoms with E-state index in [0.717, 1.165) is 30.0 Å². The number of rotatable bonds is 11. The van der Waals surface area contributed by atoms with Gasteiger partial charge in [0.2, 0.25) is 5.91 Å². The Bertz CT molecular complexity index is 871. The molecule has 2 rings (SSSR count). The van der Waals surface area contributed by atoms with Gasteiger partial charge in [0, 0.05) is 11.6 Å². The molecule has 0 aromatic heterocycles. The Balaban J connectivity index is 2.20. The van der Waals surface area contributed by atoms with E-state index in [-0.39, 0.29) is 17.3 Å². The summed E-state index contributed by atoms with van der Waals surface area (Å²) in [4.78, 5) is 12.8. The van der Waals surface area contributed by atoms with Gasteiger partial charge in [0.15, 0.2) is 0 Å². The van der Waals surface area contributed by atoms with Crippen LogP contribution in [-0.4, -0.2) is 27.4 Å². The third-order valence-corrected chi connectivity index (χ3v) is 6.90. The van der Waals surface area contributed by atoms with Crippen LogP contribution in [0.4, 0.5) is 5.69 Å². The SMILES string of the molecule is CCCC[C@@H](CC)CNC(=O)CN(c1ccc(Cl)cc1)S(=O)(=O)c1ccccc1. The minimum atomic E-state index is -3.89. The average Bonchev–Trinajstić information content (AvgIpc) is 2.73. The average molecular weight is 437 g/mol. The Labute approximate surface area is 179 Å². The lowest BCUT2D eigenvalue weighted by molar-refractivity contribution is -0.119. The fourth-order valence-electron chi connectivity index (χ4n) is 3.03. The third-order valence-electron chi connectivity index (χ3n) is 4.86. The first kappa shape index (κ1) is 23.2. The van der Waals surface area contributed by atoms with Gasteiger partial charge in [0.05, 0.1) is 10.6 Å². The van der Waals surface area contributed by atoms with Crippen LogP contribution < -0.4 is 9.62 Å². The van der Waals surface area contributed by atoms with Gasteiger partial charge >= 0.3 is 0 Å². The summed E-state index contributed by atoms with van der Waals surface area (Å²) < 4.78 is 27.5. The van der Waals surface area contributed by atoms with E-state index in [1.54, 1.807) is 42.5 Å². The molecular weight excluding hydrogens is 408 g/mol. The topological polar surface area (TPSA) is 66.5 Å². The van der Waals surface area contributed by atoms with Crippen LogP contribution in [-0.2, 0) is 14.8 Å². The molecule has 0 aliphatic heterocycles. The maximum atomic E-state index is 13.2. The Kier molecular flexibility index (Phi) is 8.99. The van der Waals surface area contributed by atoms with Crippen molar-refractivity contribution in [3.8, 4) is 0 Å². The molecule has 0 radical (unpaired) electrons. The van der Waals surface area contributed by atoms with E-state index in [9.17, 15) is 13.2 Å². The molecule has 0 spiro atoms. The van der Waals surface area contributed by atoms with Gasteiger partial charge in [-0.1, -0.05) is 62.9 Å². The summed E-state index contributed by atoms with van der Waals surface area (Å²) in [6.45, 7) is 4.51. The Morgan fingerprint density at radius 3 is 2.31 bits per heavy atom. The number of carbonyl (C=O) groups is 1. The van der Waals surface area contributed by atoms with Gasteiger partial charge in [-0.25, -0.2) is 8.42 Å². The summed E-state index contributed by atoms with van der Waals surface area (Å²) >= 11 is 5.95. The highest BCUT2D eigenvalue weighted by Gasteiger charge is 2.27. The fraction of sp³-hybridized carbons (Fsp3) is 0.409. The molecule has 0 bridgehead atoms. The smallest absolute Gasteiger partial charge is 0.264 e. The molecule has 0 fully saturated rings. The molecule has 2 aromatic rings. The Morgan fingerprint density at radius 1 is 1.07 bits per heavy atom. The minimum absolute atomic E-state index is 0.136. The standard InChI is InChI=1S/C22H29ClN2O3S/c1-3-5-9-18(4-2)16-24-22(26)17-25(20-14-12-19(23)13-15-20)29(27,28)21-10-7-6-8-11-21/h6-8,10-15,18H,3-5,9,16-17H2,1-2H3,(H,24,26)/t18-/m1/s1. The van der Waals surface area contributed by atoms with E-state index in [1.807, 2.05) is 0 Å². The van der Waals surface area contributed by atoms with E-state index in [4.69, 9.17) is 11.6 Å². The number of unbranched alkanes of at least 4 members (excludes halogenated alkanes) is 1. The number of carbonyl (C=O) groups excluding carboxylic acids is 1. The zero-order valence-electron chi connectivity index (χ0n) is 17.0. The van der Waals surface area contributed by atoms with Crippen molar-refractivity contribution in [2.45, 2.75) is 44.4 Å². The van der Waals surface area contributed by atoms with Crippen LogP contribution in [0.5, 0.6) is 0 Å². The van der Waals surface area contributed by atoms with Crippen LogP contribution in [0.1, 0.15) is 39.5 Å². The van der Waals surface area contributed by atoms with Gasteiger partial charge in [-0.2, -0.15) is 0 Å². The van der Waals surface area contributed by atoms with Crippen LogP contribution in [0, 0.1) is 5.92 Å². The summed E-state index contributed by atoms with van der Waals surface area (Å²) in [5.74, 6) is 0.0722. The molecule has 0 saturated carbocycles. The molecule has 0 heterocycles. The molecule has 0 aliphatic rings. The van der Waals surface area contributed by atoms with E-state index in [2.05, 4.69) is 19.2 Å². The van der Waals surface area contributed by atoms with Gasteiger partial charge in [-0.15, -0.1) is 0 Å². The van der Waals surface area contributed by atoms with Crippen molar-refractivity contribution in [1.29, 1.82) is 0 Å². The number of nitrogens with zero attached hydrogens (tertiary/aromatic N) is 1. The highest BCUT2D eigenvalue weighted by atomic mass is 35.5. The number of amides is 1. The number of hydrogen-bond acceptors (Lipinski definition) is 3. The molecule has 158 valence electrons. The maximum absolute atomic E-state index is 13.2. The Hall–Kier alpha value is -2.05. The maximum Gasteiger partial charge on any atom is 0.264 e. The first-order valence-corrected chi connectivity index (χ1v) is 11.8. The van der Waals surface area contributed by atoms with Gasteiger partial charge in [-0.05, 0) is 48.7 Å². The highest BCUT2D eigenvalue weighted by Crippen LogP contribution is 2.25. The summed E-state index contributed by atoms with van der Waals surface area (Å²) in [6, 6.07) is 14.5. The van der Waals surface area contributed by atoms with Crippen molar-refractivity contribution >= 4 is 33.2 Å². The number of hydrogen-bond donors (Lipinski definition) is 1. The first-order chi connectivity index (χ1) is 13.9. The predicted molar refractivity (Wildman–Crippen MR) is 119 cm³/mol. The molecular formula is C22H29ClN2O3S. The summed E-state index contributed by atoms with van der Waals surface area (Å²) in [5.41, 5.74) is 0.395. The second-order valence-corrected chi connectivity index (χ2v) is 9.32. The fourth-order valence-corrected chi connectivity index (χ4v) is 4.60. The van der Waals surface area contributed by atoms with Gasteiger partial charge in [0.1, 0.15) is 6.54 Å². The quantitative estimate of drug-likeness (QED) is 0.546.